The van der Waals surface area contributed by atoms with Crippen molar-refractivity contribution in [2.45, 2.75) is 44.8 Å². The van der Waals surface area contributed by atoms with Gasteiger partial charge in [0.15, 0.2) is 6.23 Å². The third-order valence-corrected chi connectivity index (χ3v) is 6.08. The molecule has 2 rings (SSSR count). The molecule has 0 aliphatic carbocycles. The highest BCUT2D eigenvalue weighted by Gasteiger charge is 2.29. The zero-order valence-corrected chi connectivity index (χ0v) is 16.0. The maximum absolute atomic E-state index is 11.7. The highest BCUT2D eigenvalue weighted by molar-refractivity contribution is 8.76. The maximum atomic E-state index is 11.7. The van der Waals surface area contributed by atoms with Gasteiger partial charge in [0.2, 0.25) is 0 Å². The SMILES string of the molecule is C=C1CCC(=O)N1OC(=O)CCSSCCC(=O)ON1C(=C)CCC1O. The first-order valence-corrected chi connectivity index (χ1v) is 10.7. The molecule has 0 radical (unpaired) electrons. The molecule has 0 spiro atoms. The Morgan fingerprint density at radius 2 is 1.65 bits per heavy atom. The first-order valence-electron chi connectivity index (χ1n) is 8.20. The number of amides is 1. The number of hydroxylamine groups is 4. The van der Waals surface area contributed by atoms with Crippen LogP contribution in [0.15, 0.2) is 24.6 Å². The third-order valence-electron chi connectivity index (χ3n) is 3.67. The molecular formula is C16H22N2O6S2. The van der Waals surface area contributed by atoms with E-state index < -0.39 is 18.2 Å². The smallest absolute Gasteiger partial charge is 0.333 e. The summed E-state index contributed by atoms with van der Waals surface area (Å²) < 4.78 is 0. The fraction of sp³-hybridized carbons (Fsp3) is 0.562. The standard InChI is InChI=1S/C16H22N2O6S2/c1-11-3-5-13(19)17(11)23-15(21)7-9-25-26-10-8-16(22)24-18-12(2)4-6-14(18)20/h13,19H,1-10H2. The van der Waals surface area contributed by atoms with Gasteiger partial charge < -0.3 is 14.8 Å². The molecule has 0 aromatic heterocycles. The summed E-state index contributed by atoms with van der Waals surface area (Å²) in [5, 5.41) is 11.8. The Labute approximate surface area is 159 Å². The Morgan fingerprint density at radius 3 is 2.15 bits per heavy atom. The summed E-state index contributed by atoms with van der Waals surface area (Å²) >= 11 is 0. The van der Waals surface area contributed by atoms with Gasteiger partial charge in [0, 0.05) is 30.0 Å². The van der Waals surface area contributed by atoms with Gasteiger partial charge in [-0.1, -0.05) is 34.7 Å². The zero-order chi connectivity index (χ0) is 19.1. The summed E-state index contributed by atoms with van der Waals surface area (Å²) in [4.78, 5) is 45.0. The molecule has 0 saturated carbocycles. The summed E-state index contributed by atoms with van der Waals surface area (Å²) in [5.41, 5.74) is 1.08. The molecule has 2 heterocycles. The van der Waals surface area contributed by atoms with E-state index in [1.165, 1.54) is 21.6 Å². The molecular weight excluding hydrogens is 380 g/mol. The van der Waals surface area contributed by atoms with Gasteiger partial charge in [-0.15, -0.1) is 5.06 Å². The van der Waals surface area contributed by atoms with E-state index in [0.717, 1.165) is 10.1 Å². The minimum absolute atomic E-state index is 0.152. The molecule has 2 aliphatic heterocycles. The molecule has 0 aromatic carbocycles. The largest absolute Gasteiger partial charge is 0.370 e. The van der Waals surface area contributed by atoms with E-state index in [2.05, 4.69) is 13.2 Å². The zero-order valence-electron chi connectivity index (χ0n) is 14.3. The van der Waals surface area contributed by atoms with Gasteiger partial charge in [-0.05, 0) is 12.8 Å². The second kappa shape index (κ2) is 9.89. The van der Waals surface area contributed by atoms with Gasteiger partial charge >= 0.3 is 11.9 Å². The van der Waals surface area contributed by atoms with Gasteiger partial charge in [-0.25, -0.2) is 9.59 Å². The fourth-order valence-corrected chi connectivity index (χ4v) is 4.22. The van der Waals surface area contributed by atoms with E-state index >= 15 is 0 Å². The van der Waals surface area contributed by atoms with Crippen LogP contribution < -0.4 is 0 Å². The van der Waals surface area contributed by atoms with Gasteiger partial charge in [-0.3, -0.25) is 4.79 Å². The second-order valence-corrected chi connectivity index (χ2v) is 8.44. The highest BCUT2D eigenvalue weighted by atomic mass is 33.1. The van der Waals surface area contributed by atoms with Crippen LogP contribution in [-0.4, -0.2) is 50.8 Å². The Bertz CT molecular complexity index is 581. The highest BCUT2D eigenvalue weighted by Crippen LogP contribution is 2.27. The lowest BCUT2D eigenvalue weighted by molar-refractivity contribution is -0.208. The molecule has 1 N–H and O–H groups in total. The quantitative estimate of drug-likeness (QED) is 0.459. The summed E-state index contributed by atoms with van der Waals surface area (Å²) in [6.07, 6.45) is 1.44. The van der Waals surface area contributed by atoms with Crippen LogP contribution in [0.2, 0.25) is 0 Å². The lowest BCUT2D eigenvalue weighted by atomic mass is 10.3. The molecule has 8 nitrogen and oxygen atoms in total. The van der Waals surface area contributed by atoms with E-state index in [4.69, 9.17) is 9.68 Å². The number of hydrogen-bond acceptors (Lipinski definition) is 9. The Hall–Kier alpha value is -1.65. The van der Waals surface area contributed by atoms with E-state index in [-0.39, 0.29) is 18.7 Å². The number of carbonyl (C=O) groups excluding carboxylic acids is 3. The van der Waals surface area contributed by atoms with Crippen molar-refractivity contribution in [3.05, 3.63) is 24.6 Å². The minimum atomic E-state index is -0.821. The molecule has 26 heavy (non-hydrogen) atoms. The number of rotatable bonds is 9. The normalized spacial score (nSPS) is 20.0. The predicted octanol–water partition coefficient (Wildman–Crippen LogP) is 2.13. The lowest BCUT2D eigenvalue weighted by Gasteiger charge is -2.21. The van der Waals surface area contributed by atoms with Crippen molar-refractivity contribution in [1.82, 2.24) is 10.1 Å². The number of allylic oxidation sites excluding steroid dienone is 2. The summed E-state index contributed by atoms with van der Waals surface area (Å²) in [6, 6.07) is 0. The molecule has 1 atom stereocenters. The van der Waals surface area contributed by atoms with E-state index in [0.29, 0.717) is 48.6 Å². The average Bonchev–Trinajstić information content (AvgIpc) is 3.08. The number of aliphatic hydroxyl groups is 1. The number of hydrogen-bond donors (Lipinski definition) is 1. The van der Waals surface area contributed by atoms with E-state index in [1.807, 2.05) is 0 Å². The molecule has 10 heteroatoms. The molecule has 1 unspecified atom stereocenters. The predicted molar refractivity (Wildman–Crippen MR) is 97.8 cm³/mol. The average molecular weight is 402 g/mol. The second-order valence-electron chi connectivity index (χ2n) is 5.74. The topological polar surface area (TPSA) is 96.4 Å². The number of aliphatic hydroxyl groups excluding tert-OH is 1. The Balaban J connectivity index is 1.52. The first-order chi connectivity index (χ1) is 12.4. The molecule has 2 fully saturated rings. The molecule has 0 aromatic rings. The van der Waals surface area contributed by atoms with Gasteiger partial charge in [-0.2, -0.15) is 5.06 Å². The van der Waals surface area contributed by atoms with Crippen LogP contribution in [0.4, 0.5) is 0 Å². The third kappa shape index (κ3) is 5.96. The van der Waals surface area contributed by atoms with Crippen molar-refractivity contribution in [2.24, 2.45) is 0 Å². The molecule has 1 amide bonds. The minimum Gasteiger partial charge on any atom is -0.370 e. The maximum Gasteiger partial charge on any atom is 0.333 e. The van der Waals surface area contributed by atoms with Crippen molar-refractivity contribution in [2.75, 3.05) is 11.5 Å². The lowest BCUT2D eigenvalue weighted by Crippen LogP contribution is -2.30. The Kier molecular flexibility index (Phi) is 7.85. The van der Waals surface area contributed by atoms with Crippen LogP contribution in [0.1, 0.15) is 38.5 Å². The van der Waals surface area contributed by atoms with Crippen LogP contribution in [0.25, 0.3) is 0 Å². The number of carbonyl (C=O) groups is 3. The monoisotopic (exact) mass is 402 g/mol. The molecule has 0 bridgehead atoms. The van der Waals surface area contributed by atoms with Crippen molar-refractivity contribution in [1.29, 1.82) is 0 Å². The van der Waals surface area contributed by atoms with Crippen LogP contribution in [0.3, 0.4) is 0 Å². The van der Waals surface area contributed by atoms with Crippen molar-refractivity contribution in [3.63, 3.8) is 0 Å². The van der Waals surface area contributed by atoms with Crippen molar-refractivity contribution in [3.8, 4) is 0 Å². The van der Waals surface area contributed by atoms with Gasteiger partial charge in [0.05, 0.1) is 18.5 Å². The molecule has 2 saturated heterocycles. The van der Waals surface area contributed by atoms with Crippen LogP contribution in [0, 0.1) is 0 Å². The van der Waals surface area contributed by atoms with Crippen LogP contribution in [-0.2, 0) is 24.1 Å². The van der Waals surface area contributed by atoms with E-state index in [9.17, 15) is 19.5 Å². The fourth-order valence-electron chi connectivity index (χ4n) is 2.28. The molecule has 2 aliphatic rings. The van der Waals surface area contributed by atoms with Gasteiger partial charge in [0.25, 0.3) is 5.91 Å². The van der Waals surface area contributed by atoms with Crippen LogP contribution >= 0.6 is 21.6 Å². The summed E-state index contributed by atoms with van der Waals surface area (Å²) in [6.45, 7) is 7.40. The van der Waals surface area contributed by atoms with Crippen LogP contribution in [0.5, 0.6) is 0 Å². The van der Waals surface area contributed by atoms with Crippen molar-refractivity contribution < 1.29 is 29.2 Å². The first kappa shape index (κ1) is 20.7. The summed E-state index contributed by atoms with van der Waals surface area (Å²) in [7, 11) is 2.86. The molecule has 144 valence electrons. The van der Waals surface area contributed by atoms with E-state index in [1.54, 1.807) is 0 Å². The number of nitrogens with zero attached hydrogens (tertiary/aromatic N) is 2. The van der Waals surface area contributed by atoms with Crippen molar-refractivity contribution >= 4 is 39.4 Å². The summed E-state index contributed by atoms with van der Waals surface area (Å²) in [5.74, 6) is -0.179. The Morgan fingerprint density at radius 1 is 1.04 bits per heavy atom. The van der Waals surface area contributed by atoms with Gasteiger partial charge in [0.1, 0.15) is 0 Å².